The highest BCUT2D eigenvalue weighted by atomic mass is 35.5. The number of likely N-dealkylation sites (tertiary alicyclic amines) is 1. The van der Waals surface area contributed by atoms with Gasteiger partial charge in [-0.1, -0.05) is 11.6 Å². The lowest BCUT2D eigenvalue weighted by molar-refractivity contribution is 0.257. The third-order valence-corrected chi connectivity index (χ3v) is 3.45. The smallest absolute Gasteiger partial charge is 0.140 e. The zero-order valence-corrected chi connectivity index (χ0v) is 10.2. The number of nitrogen functional groups attached to an aromatic ring is 1. The number of halogens is 1. The molecule has 0 aliphatic carbocycles. The van der Waals surface area contributed by atoms with Gasteiger partial charge in [0.2, 0.25) is 0 Å². The van der Waals surface area contributed by atoms with Gasteiger partial charge in [0.1, 0.15) is 5.82 Å². The lowest BCUT2D eigenvalue weighted by Crippen LogP contribution is -2.27. The van der Waals surface area contributed by atoms with E-state index in [1.54, 1.807) is 6.07 Å². The van der Waals surface area contributed by atoms with Crippen LogP contribution in [0.5, 0.6) is 0 Å². The van der Waals surface area contributed by atoms with Gasteiger partial charge in [-0.25, -0.2) is 10.8 Å². The van der Waals surface area contributed by atoms with Crippen molar-refractivity contribution >= 4 is 17.4 Å². The first-order chi connectivity index (χ1) is 7.70. The summed E-state index contributed by atoms with van der Waals surface area (Å²) < 4.78 is 0. The molecule has 2 heterocycles. The van der Waals surface area contributed by atoms with Crippen LogP contribution in [0.4, 0.5) is 5.82 Å². The van der Waals surface area contributed by atoms with Crippen LogP contribution in [0.25, 0.3) is 0 Å². The molecule has 4 nitrogen and oxygen atoms in total. The molecule has 1 saturated heterocycles. The molecule has 0 radical (unpaired) electrons. The summed E-state index contributed by atoms with van der Waals surface area (Å²) in [6.07, 6.45) is 2.51. The number of pyridine rings is 1. The molecule has 0 saturated carbocycles. The summed E-state index contributed by atoms with van der Waals surface area (Å²) >= 11 is 6.12. The van der Waals surface area contributed by atoms with Crippen LogP contribution in [0.1, 0.15) is 25.5 Å². The summed E-state index contributed by atoms with van der Waals surface area (Å²) in [5, 5.41) is 0.707. The highest BCUT2D eigenvalue weighted by Crippen LogP contribution is 2.23. The Morgan fingerprint density at radius 3 is 3.06 bits per heavy atom. The van der Waals surface area contributed by atoms with Crippen molar-refractivity contribution in [3.63, 3.8) is 0 Å². The predicted molar refractivity (Wildman–Crippen MR) is 66.2 cm³/mol. The van der Waals surface area contributed by atoms with Crippen molar-refractivity contribution in [2.75, 3.05) is 12.0 Å². The number of hydrogen-bond acceptors (Lipinski definition) is 4. The van der Waals surface area contributed by atoms with E-state index in [2.05, 4.69) is 22.2 Å². The fraction of sp³-hybridized carbons (Fsp3) is 0.545. The zero-order chi connectivity index (χ0) is 11.5. The quantitative estimate of drug-likeness (QED) is 0.627. The summed E-state index contributed by atoms with van der Waals surface area (Å²) in [4.78, 5) is 6.78. The third-order valence-electron chi connectivity index (χ3n) is 3.11. The molecule has 1 fully saturated rings. The average molecular weight is 241 g/mol. The summed E-state index contributed by atoms with van der Waals surface area (Å²) in [5.41, 5.74) is 3.44. The average Bonchev–Trinajstić information content (AvgIpc) is 2.68. The maximum Gasteiger partial charge on any atom is 0.140 e. The monoisotopic (exact) mass is 240 g/mol. The molecule has 0 amide bonds. The second kappa shape index (κ2) is 4.99. The van der Waals surface area contributed by atoms with Crippen LogP contribution < -0.4 is 11.3 Å². The summed E-state index contributed by atoms with van der Waals surface area (Å²) in [6.45, 7) is 4.17. The molecule has 0 spiro atoms. The standard InChI is InChI=1S/C11H17ClN4/c1-8-3-2-6-16(8)7-10-9(12)4-5-11(14-10)15-13/h4-5,8H,2-3,6-7,13H2,1H3,(H,14,15). The Kier molecular flexibility index (Phi) is 3.63. The van der Waals surface area contributed by atoms with E-state index in [0.717, 1.165) is 18.8 Å². The SMILES string of the molecule is CC1CCCN1Cc1nc(NN)ccc1Cl. The molecule has 1 aliphatic rings. The molecule has 1 unspecified atom stereocenters. The van der Waals surface area contributed by atoms with E-state index in [-0.39, 0.29) is 0 Å². The Balaban J connectivity index is 2.13. The van der Waals surface area contributed by atoms with Gasteiger partial charge in [-0.05, 0) is 38.4 Å². The maximum atomic E-state index is 6.12. The molecule has 1 aromatic rings. The molecule has 1 atom stereocenters. The topological polar surface area (TPSA) is 54.2 Å². The number of rotatable bonds is 3. The molecular weight excluding hydrogens is 224 g/mol. The van der Waals surface area contributed by atoms with Gasteiger partial charge in [0, 0.05) is 12.6 Å². The minimum absolute atomic E-state index is 0.618. The van der Waals surface area contributed by atoms with Gasteiger partial charge in [-0.2, -0.15) is 0 Å². The number of nitrogens with one attached hydrogen (secondary N) is 1. The van der Waals surface area contributed by atoms with E-state index in [1.165, 1.54) is 12.8 Å². The van der Waals surface area contributed by atoms with Gasteiger partial charge < -0.3 is 5.43 Å². The Bertz CT molecular complexity index is 369. The van der Waals surface area contributed by atoms with Crippen molar-refractivity contribution in [1.29, 1.82) is 0 Å². The maximum absolute atomic E-state index is 6.12. The number of hydrogen-bond donors (Lipinski definition) is 2. The molecule has 2 rings (SSSR count). The van der Waals surface area contributed by atoms with Crippen LogP contribution in [0.15, 0.2) is 12.1 Å². The van der Waals surface area contributed by atoms with Gasteiger partial charge in [-0.15, -0.1) is 0 Å². The van der Waals surface area contributed by atoms with Gasteiger partial charge in [0.25, 0.3) is 0 Å². The lowest BCUT2D eigenvalue weighted by Gasteiger charge is -2.21. The predicted octanol–water partition coefficient (Wildman–Crippen LogP) is 2.00. The second-order valence-corrected chi connectivity index (χ2v) is 4.64. The van der Waals surface area contributed by atoms with Gasteiger partial charge in [-0.3, -0.25) is 4.90 Å². The second-order valence-electron chi connectivity index (χ2n) is 4.23. The molecule has 1 aromatic heterocycles. The Labute approximate surface area is 101 Å². The van der Waals surface area contributed by atoms with Crippen molar-refractivity contribution in [2.45, 2.75) is 32.4 Å². The van der Waals surface area contributed by atoms with Crippen LogP contribution >= 0.6 is 11.6 Å². The largest absolute Gasteiger partial charge is 0.308 e. The van der Waals surface area contributed by atoms with Crippen molar-refractivity contribution in [2.24, 2.45) is 5.84 Å². The minimum Gasteiger partial charge on any atom is -0.308 e. The Hall–Kier alpha value is -0.840. The molecular formula is C11H17ClN4. The van der Waals surface area contributed by atoms with E-state index in [0.29, 0.717) is 16.9 Å². The Morgan fingerprint density at radius 2 is 2.44 bits per heavy atom. The number of nitrogens with zero attached hydrogens (tertiary/aromatic N) is 2. The van der Waals surface area contributed by atoms with Crippen LogP contribution in [0, 0.1) is 0 Å². The summed E-state index contributed by atoms with van der Waals surface area (Å²) in [7, 11) is 0. The minimum atomic E-state index is 0.618. The first-order valence-electron chi connectivity index (χ1n) is 5.57. The third kappa shape index (κ3) is 2.45. The van der Waals surface area contributed by atoms with Crippen molar-refractivity contribution in [3.05, 3.63) is 22.8 Å². The number of nitrogens with two attached hydrogens (primary N) is 1. The molecule has 0 bridgehead atoms. The molecule has 0 aromatic carbocycles. The summed E-state index contributed by atoms with van der Waals surface area (Å²) in [6, 6.07) is 4.23. The molecule has 16 heavy (non-hydrogen) atoms. The molecule has 88 valence electrons. The molecule has 1 aliphatic heterocycles. The van der Waals surface area contributed by atoms with Crippen molar-refractivity contribution < 1.29 is 0 Å². The van der Waals surface area contributed by atoms with Crippen LogP contribution in [-0.2, 0) is 6.54 Å². The lowest BCUT2D eigenvalue weighted by atomic mass is 10.2. The van der Waals surface area contributed by atoms with Crippen LogP contribution in [0.3, 0.4) is 0 Å². The number of aromatic nitrogens is 1. The highest BCUT2D eigenvalue weighted by molar-refractivity contribution is 6.31. The fourth-order valence-electron chi connectivity index (χ4n) is 2.10. The van der Waals surface area contributed by atoms with Crippen LogP contribution in [-0.4, -0.2) is 22.5 Å². The number of anilines is 1. The molecule has 3 N–H and O–H groups in total. The van der Waals surface area contributed by atoms with Crippen LogP contribution in [0.2, 0.25) is 5.02 Å². The first kappa shape index (κ1) is 11.6. The summed E-state index contributed by atoms with van der Waals surface area (Å²) in [5.74, 6) is 5.99. The number of hydrazine groups is 1. The van der Waals surface area contributed by atoms with E-state index in [1.807, 2.05) is 6.07 Å². The van der Waals surface area contributed by atoms with E-state index >= 15 is 0 Å². The molecule has 5 heteroatoms. The highest BCUT2D eigenvalue weighted by Gasteiger charge is 2.21. The van der Waals surface area contributed by atoms with Crippen molar-refractivity contribution in [3.8, 4) is 0 Å². The Morgan fingerprint density at radius 1 is 1.62 bits per heavy atom. The van der Waals surface area contributed by atoms with Gasteiger partial charge in [0.15, 0.2) is 0 Å². The zero-order valence-electron chi connectivity index (χ0n) is 9.41. The van der Waals surface area contributed by atoms with Crippen molar-refractivity contribution in [1.82, 2.24) is 9.88 Å². The van der Waals surface area contributed by atoms with Gasteiger partial charge in [0.05, 0.1) is 10.7 Å². The van der Waals surface area contributed by atoms with E-state index in [9.17, 15) is 0 Å². The fourth-order valence-corrected chi connectivity index (χ4v) is 2.26. The van der Waals surface area contributed by atoms with E-state index in [4.69, 9.17) is 17.4 Å². The normalized spacial score (nSPS) is 21.3. The van der Waals surface area contributed by atoms with Gasteiger partial charge >= 0.3 is 0 Å². The first-order valence-corrected chi connectivity index (χ1v) is 5.94. The van der Waals surface area contributed by atoms with E-state index < -0.39 is 0 Å².